The third-order valence-corrected chi connectivity index (χ3v) is 5.59. The summed E-state index contributed by atoms with van der Waals surface area (Å²) < 4.78 is 0. The molecule has 0 saturated carbocycles. The minimum absolute atomic E-state index is 0.254. The van der Waals surface area contributed by atoms with Crippen molar-refractivity contribution in [2.45, 2.75) is 13.8 Å². The third-order valence-electron chi connectivity index (χ3n) is 4.72. The number of benzene rings is 3. The Bertz CT molecular complexity index is 1080. The Labute approximate surface area is 156 Å². The highest BCUT2D eigenvalue weighted by Gasteiger charge is 2.37. The normalized spacial score (nSPS) is 16.1. The van der Waals surface area contributed by atoms with Crippen molar-refractivity contribution >= 4 is 45.4 Å². The van der Waals surface area contributed by atoms with Crippen molar-refractivity contribution < 1.29 is 9.59 Å². The Morgan fingerprint density at radius 2 is 1.62 bits per heavy atom. The van der Waals surface area contributed by atoms with Gasteiger partial charge in [-0.05, 0) is 65.2 Å². The van der Waals surface area contributed by atoms with Gasteiger partial charge in [-0.15, -0.1) is 0 Å². The lowest BCUT2D eigenvalue weighted by atomic mass is 10.0. The van der Waals surface area contributed by atoms with E-state index in [0.717, 1.165) is 39.2 Å². The van der Waals surface area contributed by atoms with Crippen LogP contribution in [0.25, 0.3) is 16.8 Å². The van der Waals surface area contributed by atoms with Crippen LogP contribution in [0.4, 0.5) is 10.5 Å². The van der Waals surface area contributed by atoms with E-state index in [9.17, 15) is 9.59 Å². The minimum atomic E-state index is -0.262. The second-order valence-electron chi connectivity index (χ2n) is 6.30. The summed E-state index contributed by atoms with van der Waals surface area (Å²) in [5.74, 6) is -0.262. The predicted molar refractivity (Wildman–Crippen MR) is 108 cm³/mol. The highest BCUT2D eigenvalue weighted by Crippen LogP contribution is 2.38. The number of carbonyl (C=O) groups is 2. The Kier molecular flexibility index (Phi) is 4.13. The number of hydrogen-bond donors (Lipinski definition) is 0. The number of fused-ring (bicyclic) bond motifs is 1. The first-order valence-corrected chi connectivity index (χ1v) is 9.20. The molecular formula is C22H17NO2S. The van der Waals surface area contributed by atoms with E-state index in [1.807, 2.05) is 80.6 Å². The van der Waals surface area contributed by atoms with Crippen molar-refractivity contribution in [2.24, 2.45) is 0 Å². The molecular weight excluding hydrogens is 342 g/mol. The van der Waals surface area contributed by atoms with Gasteiger partial charge < -0.3 is 0 Å². The Hall–Kier alpha value is -2.85. The molecule has 26 heavy (non-hydrogen) atoms. The topological polar surface area (TPSA) is 37.4 Å². The summed E-state index contributed by atoms with van der Waals surface area (Å²) in [5.41, 5.74) is 3.60. The molecule has 1 aliphatic heterocycles. The van der Waals surface area contributed by atoms with Crippen LogP contribution in [0.1, 0.15) is 16.7 Å². The molecule has 0 atom stereocenters. The van der Waals surface area contributed by atoms with Gasteiger partial charge in [0.05, 0.1) is 10.6 Å². The van der Waals surface area contributed by atoms with Gasteiger partial charge in [0.1, 0.15) is 0 Å². The molecule has 1 heterocycles. The lowest BCUT2D eigenvalue weighted by molar-refractivity contribution is -0.113. The molecule has 4 heteroatoms. The van der Waals surface area contributed by atoms with Crippen molar-refractivity contribution in [1.82, 2.24) is 0 Å². The van der Waals surface area contributed by atoms with Crippen LogP contribution in [-0.4, -0.2) is 11.1 Å². The molecule has 128 valence electrons. The molecule has 2 amide bonds. The van der Waals surface area contributed by atoms with E-state index < -0.39 is 0 Å². The van der Waals surface area contributed by atoms with Crippen LogP contribution in [0.15, 0.2) is 65.6 Å². The largest absolute Gasteiger partial charge is 0.298 e. The predicted octanol–water partition coefficient (Wildman–Crippen LogP) is 5.70. The van der Waals surface area contributed by atoms with Gasteiger partial charge in [0.25, 0.3) is 11.1 Å². The summed E-state index contributed by atoms with van der Waals surface area (Å²) in [7, 11) is 0. The summed E-state index contributed by atoms with van der Waals surface area (Å²) in [6, 6.07) is 19.7. The number of anilines is 1. The highest BCUT2D eigenvalue weighted by atomic mass is 32.2. The van der Waals surface area contributed by atoms with Crippen molar-refractivity contribution in [3.8, 4) is 0 Å². The molecule has 4 rings (SSSR count). The maximum Gasteiger partial charge on any atom is 0.298 e. The number of rotatable bonds is 2. The summed E-state index contributed by atoms with van der Waals surface area (Å²) in [4.78, 5) is 27.2. The second kappa shape index (κ2) is 6.46. The first kappa shape index (κ1) is 16.6. The summed E-state index contributed by atoms with van der Waals surface area (Å²) in [6.45, 7) is 3.91. The van der Waals surface area contributed by atoms with E-state index in [-0.39, 0.29) is 11.1 Å². The number of nitrogens with zero attached hydrogens (tertiary/aromatic N) is 1. The van der Waals surface area contributed by atoms with Gasteiger partial charge >= 0.3 is 0 Å². The molecule has 3 aromatic rings. The fraction of sp³-hybridized carbons (Fsp3) is 0.0909. The zero-order valence-corrected chi connectivity index (χ0v) is 15.3. The van der Waals surface area contributed by atoms with E-state index in [0.29, 0.717) is 10.6 Å². The fourth-order valence-corrected chi connectivity index (χ4v) is 4.00. The van der Waals surface area contributed by atoms with Crippen molar-refractivity contribution in [1.29, 1.82) is 0 Å². The molecule has 0 aromatic heterocycles. The van der Waals surface area contributed by atoms with Crippen LogP contribution in [0.2, 0.25) is 0 Å². The van der Waals surface area contributed by atoms with Crippen LogP contribution in [-0.2, 0) is 4.79 Å². The maximum atomic E-state index is 12.9. The SMILES string of the molecule is Cc1cccc(N2C(=O)S/C(=C\c3cccc4ccccc34)C2=O)c1C. The monoisotopic (exact) mass is 359 g/mol. The van der Waals surface area contributed by atoms with Gasteiger partial charge in [-0.25, -0.2) is 4.90 Å². The summed E-state index contributed by atoms with van der Waals surface area (Å²) in [6.07, 6.45) is 1.82. The van der Waals surface area contributed by atoms with Crippen molar-refractivity contribution in [3.05, 3.63) is 82.3 Å². The number of aryl methyl sites for hydroxylation is 1. The van der Waals surface area contributed by atoms with Crippen LogP contribution in [0, 0.1) is 13.8 Å². The summed E-state index contributed by atoms with van der Waals surface area (Å²) >= 11 is 0.993. The molecule has 1 saturated heterocycles. The van der Waals surface area contributed by atoms with Gasteiger partial charge in [-0.2, -0.15) is 0 Å². The Morgan fingerprint density at radius 1 is 0.885 bits per heavy atom. The van der Waals surface area contributed by atoms with Crippen LogP contribution < -0.4 is 4.90 Å². The molecule has 0 aliphatic carbocycles. The number of carbonyl (C=O) groups excluding carboxylic acids is 2. The Morgan fingerprint density at radius 3 is 2.46 bits per heavy atom. The molecule has 0 radical (unpaired) electrons. The molecule has 3 aromatic carbocycles. The van der Waals surface area contributed by atoms with Crippen LogP contribution in [0.3, 0.4) is 0 Å². The number of hydrogen-bond acceptors (Lipinski definition) is 3. The average Bonchev–Trinajstić information content (AvgIpc) is 2.91. The summed E-state index contributed by atoms with van der Waals surface area (Å²) in [5, 5.41) is 1.92. The first-order valence-electron chi connectivity index (χ1n) is 8.38. The van der Waals surface area contributed by atoms with Crippen molar-refractivity contribution in [3.63, 3.8) is 0 Å². The van der Waals surface area contributed by atoms with Crippen LogP contribution >= 0.6 is 11.8 Å². The van der Waals surface area contributed by atoms with E-state index >= 15 is 0 Å². The quantitative estimate of drug-likeness (QED) is 0.551. The van der Waals surface area contributed by atoms with E-state index in [4.69, 9.17) is 0 Å². The lowest BCUT2D eigenvalue weighted by Crippen LogP contribution is -2.28. The molecule has 0 N–H and O–H groups in total. The molecule has 0 bridgehead atoms. The number of thioether (sulfide) groups is 1. The molecule has 3 nitrogen and oxygen atoms in total. The van der Waals surface area contributed by atoms with E-state index in [1.54, 1.807) is 0 Å². The van der Waals surface area contributed by atoms with E-state index in [1.165, 1.54) is 4.90 Å². The van der Waals surface area contributed by atoms with Gasteiger partial charge in [-0.1, -0.05) is 54.6 Å². The van der Waals surface area contributed by atoms with Gasteiger partial charge in [0.2, 0.25) is 0 Å². The smallest absolute Gasteiger partial charge is 0.268 e. The zero-order valence-electron chi connectivity index (χ0n) is 14.5. The van der Waals surface area contributed by atoms with Gasteiger partial charge in [0.15, 0.2) is 0 Å². The standard InChI is InChI=1S/C22H17NO2S/c1-14-7-5-12-19(15(14)2)23-21(24)20(26-22(23)25)13-17-10-6-9-16-8-3-4-11-18(16)17/h3-13H,1-2H3/b20-13-. The third kappa shape index (κ3) is 2.72. The number of imide groups is 1. The van der Waals surface area contributed by atoms with Crippen molar-refractivity contribution in [2.75, 3.05) is 4.90 Å². The van der Waals surface area contributed by atoms with Crippen LogP contribution in [0.5, 0.6) is 0 Å². The second-order valence-corrected chi connectivity index (χ2v) is 7.30. The van der Waals surface area contributed by atoms with Gasteiger partial charge in [-0.3, -0.25) is 9.59 Å². The lowest BCUT2D eigenvalue weighted by Gasteiger charge is -2.16. The molecule has 1 aliphatic rings. The van der Waals surface area contributed by atoms with Gasteiger partial charge in [0, 0.05) is 0 Å². The minimum Gasteiger partial charge on any atom is -0.268 e. The number of amides is 2. The van der Waals surface area contributed by atoms with E-state index in [2.05, 4.69) is 0 Å². The average molecular weight is 359 g/mol. The molecule has 1 fully saturated rings. The molecule has 0 spiro atoms. The first-order chi connectivity index (χ1) is 12.6. The molecule has 0 unspecified atom stereocenters. The fourth-order valence-electron chi connectivity index (χ4n) is 3.17. The zero-order chi connectivity index (χ0) is 18.3. The maximum absolute atomic E-state index is 12.9. The highest BCUT2D eigenvalue weighted by molar-refractivity contribution is 8.19. The Balaban J connectivity index is 1.78.